The van der Waals surface area contributed by atoms with Gasteiger partial charge in [-0.15, -0.1) is 0 Å². The Morgan fingerprint density at radius 2 is 2.18 bits per heavy atom. The van der Waals surface area contributed by atoms with Gasteiger partial charge in [0.25, 0.3) is 5.91 Å². The van der Waals surface area contributed by atoms with Crippen LogP contribution in [0.4, 0.5) is 15.8 Å². The molecule has 1 aromatic heterocycles. The molecule has 3 N–H and O–H groups in total. The van der Waals surface area contributed by atoms with Crippen LogP contribution in [0.25, 0.3) is 0 Å². The molecule has 0 unspecified atom stereocenters. The highest BCUT2D eigenvalue weighted by molar-refractivity contribution is 8.16. The van der Waals surface area contributed by atoms with Crippen molar-refractivity contribution in [3.8, 4) is 5.75 Å². The predicted octanol–water partition coefficient (Wildman–Crippen LogP) is 3.71. The van der Waals surface area contributed by atoms with Gasteiger partial charge in [-0.05, 0) is 42.7 Å². The second-order valence-electron chi connectivity index (χ2n) is 5.38. The van der Waals surface area contributed by atoms with Crippen molar-refractivity contribution in [3.63, 3.8) is 0 Å². The van der Waals surface area contributed by atoms with Crippen molar-refractivity contribution in [3.05, 3.63) is 59.5 Å². The lowest BCUT2D eigenvalue weighted by Crippen LogP contribution is -2.14. The standard InChI is InChI=1S/C19H21FN4O3S/c1-3-10-28-19(21)24-17-11-13(4-6-15(17)20)23-18(25)16-7-5-14(12-22-16)27-9-8-26-2/h3-7,10-12H,8-9H2,1-2H3,(H2,21,24)(H,23,25)/b10-3-. The van der Waals surface area contributed by atoms with E-state index in [4.69, 9.17) is 15.2 Å². The summed E-state index contributed by atoms with van der Waals surface area (Å²) >= 11 is 1.17. The number of ether oxygens (including phenoxy) is 2. The molecule has 0 aliphatic rings. The summed E-state index contributed by atoms with van der Waals surface area (Å²) in [5.41, 5.74) is 6.33. The molecule has 2 rings (SSSR count). The number of nitrogens with two attached hydrogens (primary N) is 1. The zero-order valence-corrected chi connectivity index (χ0v) is 16.3. The van der Waals surface area contributed by atoms with E-state index in [0.29, 0.717) is 24.7 Å². The lowest BCUT2D eigenvalue weighted by Gasteiger charge is -2.08. The summed E-state index contributed by atoms with van der Waals surface area (Å²) in [5.74, 6) is -0.458. The minimum atomic E-state index is -0.544. The van der Waals surface area contributed by atoms with Gasteiger partial charge in [-0.2, -0.15) is 0 Å². The van der Waals surface area contributed by atoms with Crippen molar-refractivity contribution >= 4 is 34.2 Å². The number of halogens is 1. The van der Waals surface area contributed by atoms with Gasteiger partial charge in [0.05, 0.1) is 12.8 Å². The molecule has 9 heteroatoms. The van der Waals surface area contributed by atoms with Crippen molar-refractivity contribution in [1.82, 2.24) is 4.98 Å². The van der Waals surface area contributed by atoms with E-state index in [1.165, 1.54) is 42.2 Å². The smallest absolute Gasteiger partial charge is 0.274 e. The van der Waals surface area contributed by atoms with E-state index in [9.17, 15) is 9.18 Å². The Bertz CT molecular complexity index is 857. The number of aliphatic imine (C=N–C) groups is 1. The minimum absolute atomic E-state index is 0.0298. The number of amidine groups is 1. The number of benzene rings is 1. The van der Waals surface area contributed by atoms with Gasteiger partial charge in [0.15, 0.2) is 5.17 Å². The molecule has 0 atom stereocenters. The number of aromatic nitrogens is 1. The van der Waals surface area contributed by atoms with Gasteiger partial charge in [0.2, 0.25) is 0 Å². The largest absolute Gasteiger partial charge is 0.490 e. The van der Waals surface area contributed by atoms with Crippen LogP contribution in [0.1, 0.15) is 17.4 Å². The Balaban J connectivity index is 2.06. The number of amides is 1. The number of thioether (sulfide) groups is 1. The molecule has 0 fully saturated rings. The van der Waals surface area contributed by atoms with Crippen molar-refractivity contribution in [2.75, 3.05) is 25.6 Å². The maximum atomic E-state index is 13.9. The molecule has 0 aliphatic carbocycles. The van der Waals surface area contributed by atoms with Crippen LogP contribution in [-0.4, -0.2) is 36.4 Å². The van der Waals surface area contributed by atoms with Crippen LogP contribution in [0.5, 0.6) is 5.75 Å². The zero-order valence-electron chi connectivity index (χ0n) is 15.5. The average Bonchev–Trinajstić information content (AvgIpc) is 2.69. The Morgan fingerprint density at radius 3 is 2.86 bits per heavy atom. The summed E-state index contributed by atoms with van der Waals surface area (Å²) in [6.07, 6.45) is 3.24. The van der Waals surface area contributed by atoms with Crippen molar-refractivity contribution in [2.45, 2.75) is 6.92 Å². The quantitative estimate of drug-likeness (QED) is 0.395. The summed E-state index contributed by atoms with van der Waals surface area (Å²) in [6.45, 7) is 2.68. The Morgan fingerprint density at radius 1 is 1.36 bits per heavy atom. The monoisotopic (exact) mass is 404 g/mol. The van der Waals surface area contributed by atoms with Crippen molar-refractivity contribution in [2.24, 2.45) is 10.7 Å². The van der Waals surface area contributed by atoms with Gasteiger partial charge >= 0.3 is 0 Å². The first kappa shape index (κ1) is 21.4. The molecule has 0 spiro atoms. The van der Waals surface area contributed by atoms with Crippen molar-refractivity contribution in [1.29, 1.82) is 0 Å². The topological polar surface area (TPSA) is 98.8 Å². The van der Waals surface area contributed by atoms with Crippen molar-refractivity contribution < 1.29 is 18.7 Å². The molecule has 2 aromatic rings. The summed E-state index contributed by atoms with van der Waals surface area (Å²) < 4.78 is 24.2. The minimum Gasteiger partial charge on any atom is -0.490 e. The fraction of sp³-hybridized carbons (Fsp3) is 0.211. The molecular weight excluding hydrogens is 383 g/mol. The molecule has 28 heavy (non-hydrogen) atoms. The van der Waals surface area contributed by atoms with Gasteiger partial charge in [-0.1, -0.05) is 17.8 Å². The number of hydrogen-bond acceptors (Lipinski definition) is 6. The van der Waals surface area contributed by atoms with Crippen LogP contribution in [0.3, 0.4) is 0 Å². The van der Waals surface area contributed by atoms with Crippen LogP contribution >= 0.6 is 11.8 Å². The van der Waals surface area contributed by atoms with Crippen LogP contribution in [0.15, 0.2) is 53.0 Å². The lowest BCUT2D eigenvalue weighted by molar-refractivity contribution is 0.102. The van der Waals surface area contributed by atoms with Crippen LogP contribution in [0.2, 0.25) is 0 Å². The second-order valence-corrected chi connectivity index (χ2v) is 6.30. The molecule has 7 nitrogen and oxygen atoms in total. The number of allylic oxidation sites excluding steroid dienone is 1. The van der Waals surface area contributed by atoms with E-state index in [0.717, 1.165) is 0 Å². The number of nitrogens with one attached hydrogen (secondary N) is 1. The van der Waals surface area contributed by atoms with Crippen LogP contribution < -0.4 is 15.8 Å². The fourth-order valence-electron chi connectivity index (χ4n) is 2.00. The maximum absolute atomic E-state index is 13.9. The van der Waals surface area contributed by atoms with E-state index >= 15 is 0 Å². The Hall–Kier alpha value is -2.91. The molecule has 0 aliphatic heterocycles. The van der Waals surface area contributed by atoms with Gasteiger partial charge < -0.3 is 20.5 Å². The molecule has 1 aromatic carbocycles. The third-order valence-electron chi connectivity index (χ3n) is 3.28. The summed E-state index contributed by atoms with van der Waals surface area (Å²) in [4.78, 5) is 20.4. The third kappa shape index (κ3) is 6.67. The highest BCUT2D eigenvalue weighted by atomic mass is 32.2. The predicted molar refractivity (Wildman–Crippen MR) is 110 cm³/mol. The number of nitrogens with zero attached hydrogens (tertiary/aromatic N) is 2. The molecule has 0 radical (unpaired) electrons. The summed E-state index contributed by atoms with van der Waals surface area (Å²) in [6, 6.07) is 7.22. The number of carbonyl (C=O) groups is 1. The van der Waals surface area contributed by atoms with E-state index in [1.54, 1.807) is 24.7 Å². The van der Waals surface area contributed by atoms with Gasteiger partial charge in [-0.3, -0.25) is 4.79 Å². The molecule has 1 amide bonds. The number of anilines is 1. The van der Waals surface area contributed by atoms with Gasteiger partial charge in [0, 0.05) is 12.8 Å². The van der Waals surface area contributed by atoms with E-state index < -0.39 is 11.7 Å². The molecule has 148 valence electrons. The number of hydrogen-bond donors (Lipinski definition) is 2. The molecular formula is C19H21FN4O3S. The molecule has 0 saturated carbocycles. The average molecular weight is 404 g/mol. The number of carbonyl (C=O) groups excluding carboxylic acids is 1. The number of pyridine rings is 1. The number of methoxy groups -OCH3 is 1. The normalized spacial score (nSPS) is 11.6. The zero-order chi connectivity index (χ0) is 20.4. The first-order valence-electron chi connectivity index (χ1n) is 8.34. The Kier molecular flexibility index (Phi) is 8.44. The fourth-order valence-corrected chi connectivity index (χ4v) is 2.42. The lowest BCUT2D eigenvalue weighted by atomic mass is 10.2. The molecule has 1 heterocycles. The molecule has 0 bridgehead atoms. The Labute approximate surface area is 166 Å². The van der Waals surface area contributed by atoms with E-state index in [2.05, 4.69) is 15.3 Å². The third-order valence-corrected chi connectivity index (χ3v) is 4.03. The van der Waals surface area contributed by atoms with Gasteiger partial charge in [-0.25, -0.2) is 14.4 Å². The van der Waals surface area contributed by atoms with Crippen LogP contribution in [0, 0.1) is 5.82 Å². The van der Waals surface area contributed by atoms with E-state index in [1.807, 2.05) is 6.92 Å². The SMILES string of the molecule is C/C=C\S/C(N)=N\c1cc(NC(=O)c2ccc(OCCOC)cn2)ccc1F. The highest BCUT2D eigenvalue weighted by Crippen LogP contribution is 2.24. The first-order valence-corrected chi connectivity index (χ1v) is 9.22. The summed E-state index contributed by atoms with van der Waals surface area (Å²) in [7, 11) is 1.58. The van der Waals surface area contributed by atoms with Gasteiger partial charge in [0.1, 0.15) is 29.6 Å². The maximum Gasteiger partial charge on any atom is 0.274 e. The summed E-state index contributed by atoms with van der Waals surface area (Å²) in [5, 5.41) is 4.57. The van der Waals surface area contributed by atoms with Crippen LogP contribution in [-0.2, 0) is 4.74 Å². The first-order chi connectivity index (χ1) is 13.5. The number of rotatable bonds is 8. The second kappa shape index (κ2) is 11.1. The molecule has 0 saturated heterocycles. The highest BCUT2D eigenvalue weighted by Gasteiger charge is 2.10. The van der Waals surface area contributed by atoms with E-state index in [-0.39, 0.29) is 16.5 Å².